The van der Waals surface area contributed by atoms with Crippen LogP contribution in [0.25, 0.3) is 0 Å². The molecule has 1 aliphatic heterocycles. The number of hydrogen-bond donors (Lipinski definition) is 1. The lowest BCUT2D eigenvalue weighted by Gasteiger charge is -2.42. The molecule has 1 saturated heterocycles. The van der Waals surface area contributed by atoms with Gasteiger partial charge in [-0.1, -0.05) is 112 Å². The standard InChI is InChI=1S/C34H41NO6Si/c1-34(2,3)42(4,5)40-23-28-32(39-22-24-15-9-6-10-16-24)27(21-29(36)41-28)31(33(37)38)35-30(25-17-11-7-12-18-25)26-19-13-8-14-20-26/h6-20,27-28,31-32H,21-23H2,1-5H3,(H,37,38)/t27-,28-,31?,32-/m0/s1. The topological polar surface area (TPSA) is 94.4 Å². The van der Waals surface area contributed by atoms with E-state index in [4.69, 9.17) is 18.9 Å². The number of esters is 1. The van der Waals surface area contributed by atoms with Crippen LogP contribution in [-0.2, 0) is 30.1 Å². The van der Waals surface area contributed by atoms with E-state index in [9.17, 15) is 14.7 Å². The minimum Gasteiger partial charge on any atom is -0.480 e. The largest absolute Gasteiger partial charge is 0.480 e. The smallest absolute Gasteiger partial charge is 0.328 e. The number of carboxylic acid groups (broad SMARTS) is 1. The quantitative estimate of drug-likeness (QED) is 0.156. The summed E-state index contributed by atoms with van der Waals surface area (Å²) in [6, 6.07) is 27.4. The minimum absolute atomic E-state index is 0.0559. The fraction of sp³-hybridized carbons (Fsp3) is 0.382. The monoisotopic (exact) mass is 587 g/mol. The van der Waals surface area contributed by atoms with E-state index in [0.29, 0.717) is 5.71 Å². The number of aliphatic imine (C=N–C) groups is 1. The van der Waals surface area contributed by atoms with Crippen molar-refractivity contribution in [2.24, 2.45) is 10.9 Å². The second-order valence-corrected chi connectivity index (χ2v) is 17.0. The number of ether oxygens (including phenoxy) is 2. The molecule has 0 spiro atoms. The second kappa shape index (κ2) is 13.6. The van der Waals surface area contributed by atoms with Crippen molar-refractivity contribution in [3.8, 4) is 0 Å². The van der Waals surface area contributed by atoms with Gasteiger partial charge in [-0.05, 0) is 23.7 Å². The van der Waals surface area contributed by atoms with Crippen LogP contribution in [0, 0.1) is 5.92 Å². The number of carbonyl (C=O) groups is 2. The molecule has 7 nitrogen and oxygen atoms in total. The summed E-state index contributed by atoms with van der Waals surface area (Å²) in [7, 11) is -2.20. The average Bonchev–Trinajstić information content (AvgIpc) is 2.96. The summed E-state index contributed by atoms with van der Waals surface area (Å²) in [5, 5.41) is 10.5. The van der Waals surface area contributed by atoms with Crippen molar-refractivity contribution in [1.29, 1.82) is 0 Å². The molecule has 222 valence electrons. The van der Waals surface area contributed by atoms with Gasteiger partial charge in [0.2, 0.25) is 0 Å². The van der Waals surface area contributed by atoms with Crippen LogP contribution in [0.1, 0.15) is 43.9 Å². The summed E-state index contributed by atoms with van der Waals surface area (Å²) in [6.45, 7) is 11.0. The summed E-state index contributed by atoms with van der Waals surface area (Å²) in [5.41, 5.74) is 3.04. The number of carboxylic acids is 1. The summed E-state index contributed by atoms with van der Waals surface area (Å²) in [4.78, 5) is 30.8. The lowest BCUT2D eigenvalue weighted by atomic mass is 9.85. The van der Waals surface area contributed by atoms with Crippen LogP contribution in [0.5, 0.6) is 0 Å². The number of benzene rings is 3. The van der Waals surface area contributed by atoms with Crippen molar-refractivity contribution in [2.45, 2.75) is 70.2 Å². The molecule has 1 unspecified atom stereocenters. The van der Waals surface area contributed by atoms with Gasteiger partial charge in [0.1, 0.15) is 6.10 Å². The van der Waals surface area contributed by atoms with Gasteiger partial charge in [0.25, 0.3) is 0 Å². The highest BCUT2D eigenvalue weighted by Crippen LogP contribution is 2.38. The van der Waals surface area contributed by atoms with Gasteiger partial charge in [-0.15, -0.1) is 0 Å². The van der Waals surface area contributed by atoms with Crippen molar-refractivity contribution in [3.05, 3.63) is 108 Å². The van der Waals surface area contributed by atoms with Gasteiger partial charge in [-0.2, -0.15) is 0 Å². The second-order valence-electron chi connectivity index (χ2n) is 12.2. The first-order valence-electron chi connectivity index (χ1n) is 14.4. The predicted octanol–water partition coefficient (Wildman–Crippen LogP) is 6.52. The van der Waals surface area contributed by atoms with Gasteiger partial charge in [-0.25, -0.2) is 4.79 Å². The molecule has 3 aromatic rings. The van der Waals surface area contributed by atoms with Gasteiger partial charge in [0.05, 0.1) is 25.3 Å². The Morgan fingerprint density at radius 3 is 1.98 bits per heavy atom. The van der Waals surface area contributed by atoms with E-state index in [2.05, 4.69) is 33.9 Å². The van der Waals surface area contributed by atoms with Crippen molar-refractivity contribution in [3.63, 3.8) is 0 Å². The minimum atomic E-state index is -2.20. The zero-order valence-electron chi connectivity index (χ0n) is 25.0. The SMILES string of the molecule is CC(C)(C)[Si](C)(C)OC[C@@H]1OC(=O)C[C@@H](C(N=C(c2ccccc2)c2ccccc2)C(=O)O)[C@@H]1OCc1ccccc1. The van der Waals surface area contributed by atoms with Crippen LogP contribution in [-0.4, -0.2) is 55.9 Å². The Morgan fingerprint density at radius 1 is 0.952 bits per heavy atom. The molecule has 0 radical (unpaired) electrons. The Labute approximate surface area is 249 Å². The molecule has 0 saturated carbocycles. The van der Waals surface area contributed by atoms with Gasteiger partial charge >= 0.3 is 11.9 Å². The molecule has 1 aliphatic rings. The Balaban J connectivity index is 1.74. The number of hydrogen-bond acceptors (Lipinski definition) is 6. The summed E-state index contributed by atoms with van der Waals surface area (Å²) >= 11 is 0. The third kappa shape index (κ3) is 7.82. The van der Waals surface area contributed by atoms with Gasteiger partial charge in [0, 0.05) is 17.0 Å². The third-order valence-corrected chi connectivity index (χ3v) is 12.7. The fourth-order valence-corrected chi connectivity index (χ4v) is 5.79. The predicted molar refractivity (Wildman–Crippen MR) is 166 cm³/mol. The number of aliphatic carboxylic acids is 1. The van der Waals surface area contributed by atoms with E-state index < -0.39 is 44.4 Å². The summed E-state index contributed by atoms with van der Waals surface area (Å²) in [6.07, 6.45) is -1.65. The Kier molecular flexibility index (Phi) is 10.1. The molecule has 0 aliphatic carbocycles. The van der Waals surface area contributed by atoms with Crippen molar-refractivity contribution < 1.29 is 28.6 Å². The number of nitrogens with zero attached hydrogens (tertiary/aromatic N) is 1. The molecule has 42 heavy (non-hydrogen) atoms. The van der Waals surface area contributed by atoms with Crippen LogP contribution < -0.4 is 0 Å². The van der Waals surface area contributed by atoms with E-state index in [1.54, 1.807) is 0 Å². The maximum absolute atomic E-state index is 13.0. The lowest BCUT2D eigenvalue weighted by molar-refractivity contribution is -0.186. The molecular formula is C34H41NO6Si. The van der Waals surface area contributed by atoms with Crippen molar-refractivity contribution >= 4 is 26.0 Å². The first-order chi connectivity index (χ1) is 20.0. The Bertz CT molecular complexity index is 1310. The zero-order chi connectivity index (χ0) is 30.3. The summed E-state index contributed by atoms with van der Waals surface area (Å²) in [5.74, 6) is -2.38. The lowest BCUT2D eigenvalue weighted by Crippen LogP contribution is -2.54. The Hall–Kier alpha value is -3.59. The van der Waals surface area contributed by atoms with Crippen LogP contribution >= 0.6 is 0 Å². The van der Waals surface area contributed by atoms with Crippen LogP contribution in [0.15, 0.2) is 96.0 Å². The van der Waals surface area contributed by atoms with Crippen molar-refractivity contribution in [2.75, 3.05) is 6.61 Å². The number of carbonyl (C=O) groups excluding carboxylic acids is 1. The zero-order valence-corrected chi connectivity index (χ0v) is 26.0. The normalized spacial score (nSPS) is 19.9. The highest BCUT2D eigenvalue weighted by Gasteiger charge is 2.47. The van der Waals surface area contributed by atoms with E-state index in [0.717, 1.165) is 16.7 Å². The van der Waals surface area contributed by atoms with E-state index in [-0.39, 0.29) is 24.7 Å². The molecule has 3 aromatic carbocycles. The highest BCUT2D eigenvalue weighted by atomic mass is 28.4. The third-order valence-electron chi connectivity index (χ3n) is 8.19. The van der Waals surface area contributed by atoms with Crippen LogP contribution in [0.2, 0.25) is 18.1 Å². The molecule has 0 bridgehead atoms. The van der Waals surface area contributed by atoms with E-state index in [1.807, 2.05) is 91.0 Å². The fourth-order valence-electron chi connectivity index (χ4n) is 4.77. The number of cyclic esters (lactones) is 1. The van der Waals surface area contributed by atoms with Crippen LogP contribution in [0.4, 0.5) is 0 Å². The highest BCUT2D eigenvalue weighted by molar-refractivity contribution is 6.74. The van der Waals surface area contributed by atoms with Gasteiger partial charge in [0.15, 0.2) is 20.5 Å². The van der Waals surface area contributed by atoms with Gasteiger partial charge < -0.3 is 19.0 Å². The molecule has 8 heteroatoms. The molecule has 0 aromatic heterocycles. The molecule has 4 rings (SSSR count). The molecule has 1 N–H and O–H groups in total. The van der Waals surface area contributed by atoms with Gasteiger partial charge in [-0.3, -0.25) is 9.79 Å². The summed E-state index contributed by atoms with van der Waals surface area (Å²) < 4.78 is 18.7. The van der Waals surface area contributed by atoms with Crippen molar-refractivity contribution in [1.82, 2.24) is 0 Å². The first kappa shape index (κ1) is 31.3. The first-order valence-corrected chi connectivity index (χ1v) is 17.3. The van der Waals surface area contributed by atoms with E-state index in [1.165, 1.54) is 0 Å². The molecule has 1 fully saturated rings. The molecule has 0 amide bonds. The van der Waals surface area contributed by atoms with E-state index >= 15 is 0 Å². The molecule has 1 heterocycles. The maximum Gasteiger partial charge on any atom is 0.328 e. The Morgan fingerprint density at radius 2 is 1.48 bits per heavy atom. The number of rotatable bonds is 11. The average molecular weight is 588 g/mol. The molecular weight excluding hydrogens is 546 g/mol. The molecule has 4 atom stereocenters. The van der Waals surface area contributed by atoms with Crippen LogP contribution in [0.3, 0.4) is 0 Å². The maximum atomic E-state index is 13.0.